The van der Waals surface area contributed by atoms with E-state index < -0.39 is 10.0 Å². The van der Waals surface area contributed by atoms with Crippen molar-refractivity contribution < 1.29 is 13.2 Å². The molecule has 0 spiro atoms. The quantitative estimate of drug-likeness (QED) is 0.562. The van der Waals surface area contributed by atoms with Crippen LogP contribution in [0.1, 0.15) is 5.56 Å². The molecule has 0 saturated carbocycles. The molecule has 3 aromatic rings. The number of fused-ring (bicyclic) bond motifs is 1. The SMILES string of the molecule is Cc1ccc(S(=O)(=O)N(C)C)cc1NC(=O)CSc1nc2cc(Cl)ccc2s1. The molecule has 0 unspecified atom stereocenters. The lowest BCUT2D eigenvalue weighted by molar-refractivity contribution is -0.113. The molecule has 28 heavy (non-hydrogen) atoms. The Morgan fingerprint density at radius 2 is 2.00 bits per heavy atom. The van der Waals surface area contributed by atoms with E-state index in [0.717, 1.165) is 24.4 Å². The van der Waals surface area contributed by atoms with Crippen molar-refractivity contribution >= 4 is 66.5 Å². The van der Waals surface area contributed by atoms with Crippen LogP contribution in [0, 0.1) is 6.92 Å². The number of amides is 1. The van der Waals surface area contributed by atoms with E-state index in [9.17, 15) is 13.2 Å². The molecule has 1 heterocycles. The fourth-order valence-electron chi connectivity index (χ4n) is 2.36. The number of carbonyl (C=O) groups excluding carboxylic acids is 1. The average Bonchev–Trinajstić information content (AvgIpc) is 3.03. The predicted octanol–water partition coefficient (Wildman–Crippen LogP) is 4.24. The Labute approximate surface area is 177 Å². The number of anilines is 1. The first-order chi connectivity index (χ1) is 13.2. The van der Waals surface area contributed by atoms with E-state index in [1.807, 2.05) is 13.0 Å². The van der Waals surface area contributed by atoms with Gasteiger partial charge in [0, 0.05) is 24.8 Å². The topological polar surface area (TPSA) is 79.4 Å². The third-order valence-electron chi connectivity index (χ3n) is 3.92. The van der Waals surface area contributed by atoms with Crippen LogP contribution in [0.15, 0.2) is 45.6 Å². The monoisotopic (exact) mass is 455 g/mol. The van der Waals surface area contributed by atoms with Gasteiger partial charge in [0.25, 0.3) is 0 Å². The standard InChI is InChI=1S/C18H18ClN3O3S3/c1-11-4-6-13(28(24,25)22(2)3)9-14(11)20-17(23)10-26-18-21-15-8-12(19)5-7-16(15)27-18/h4-9H,10H2,1-3H3,(H,20,23). The van der Waals surface area contributed by atoms with Crippen molar-refractivity contribution in [2.75, 3.05) is 25.2 Å². The summed E-state index contributed by atoms with van der Waals surface area (Å²) in [6.45, 7) is 1.81. The van der Waals surface area contributed by atoms with Gasteiger partial charge in [0.1, 0.15) is 0 Å². The molecule has 10 heteroatoms. The number of nitrogens with one attached hydrogen (secondary N) is 1. The second-order valence-electron chi connectivity index (χ2n) is 6.19. The van der Waals surface area contributed by atoms with E-state index in [1.165, 1.54) is 49.3 Å². The van der Waals surface area contributed by atoms with Crippen LogP contribution in [0.3, 0.4) is 0 Å². The molecular weight excluding hydrogens is 438 g/mol. The predicted molar refractivity (Wildman–Crippen MR) is 116 cm³/mol. The summed E-state index contributed by atoms with van der Waals surface area (Å²) in [6.07, 6.45) is 0. The van der Waals surface area contributed by atoms with Gasteiger partial charge in [0.05, 0.1) is 20.9 Å². The van der Waals surface area contributed by atoms with E-state index in [0.29, 0.717) is 10.7 Å². The second kappa shape index (κ2) is 8.38. The third kappa shape index (κ3) is 4.66. The Hall–Kier alpha value is -1.65. The van der Waals surface area contributed by atoms with Gasteiger partial charge < -0.3 is 5.32 Å². The lowest BCUT2D eigenvalue weighted by Crippen LogP contribution is -2.22. The van der Waals surface area contributed by atoms with Gasteiger partial charge >= 0.3 is 0 Å². The summed E-state index contributed by atoms with van der Waals surface area (Å²) in [4.78, 5) is 17.0. The van der Waals surface area contributed by atoms with Crippen LogP contribution >= 0.6 is 34.7 Å². The third-order valence-corrected chi connectivity index (χ3v) is 8.14. The van der Waals surface area contributed by atoms with E-state index in [-0.39, 0.29) is 16.6 Å². The van der Waals surface area contributed by atoms with E-state index >= 15 is 0 Å². The minimum atomic E-state index is -3.57. The molecule has 148 valence electrons. The van der Waals surface area contributed by atoms with E-state index in [4.69, 9.17) is 11.6 Å². The second-order valence-corrected chi connectivity index (χ2v) is 11.0. The number of sulfonamides is 1. The Morgan fingerprint density at radius 1 is 1.25 bits per heavy atom. The summed E-state index contributed by atoms with van der Waals surface area (Å²) >= 11 is 8.79. The Morgan fingerprint density at radius 3 is 2.71 bits per heavy atom. The number of aromatic nitrogens is 1. The highest BCUT2D eigenvalue weighted by Gasteiger charge is 2.19. The molecule has 1 N–H and O–H groups in total. The van der Waals surface area contributed by atoms with Crippen molar-refractivity contribution in [3.05, 3.63) is 47.0 Å². The molecule has 0 saturated heterocycles. The number of hydrogen-bond acceptors (Lipinski definition) is 6. The maximum Gasteiger partial charge on any atom is 0.242 e. The van der Waals surface area contributed by atoms with Crippen molar-refractivity contribution in [2.24, 2.45) is 0 Å². The number of thioether (sulfide) groups is 1. The number of hydrogen-bond donors (Lipinski definition) is 1. The molecular formula is C18H18ClN3O3S3. The summed E-state index contributed by atoms with van der Waals surface area (Å²) in [5.41, 5.74) is 2.06. The van der Waals surface area contributed by atoms with Crippen LogP contribution in [0.25, 0.3) is 10.2 Å². The normalized spacial score (nSPS) is 11.9. The van der Waals surface area contributed by atoms with Gasteiger partial charge in [-0.2, -0.15) is 0 Å². The first-order valence-corrected chi connectivity index (χ1v) is 11.8. The van der Waals surface area contributed by atoms with Crippen LogP contribution in [0.5, 0.6) is 0 Å². The maximum absolute atomic E-state index is 12.4. The van der Waals surface area contributed by atoms with Crippen LogP contribution in [0.4, 0.5) is 5.69 Å². The molecule has 0 bridgehead atoms. The summed E-state index contributed by atoms with van der Waals surface area (Å²) in [5, 5.41) is 3.41. The summed E-state index contributed by atoms with van der Waals surface area (Å²) in [5.74, 6) is -0.0673. The van der Waals surface area contributed by atoms with E-state index in [1.54, 1.807) is 18.2 Å². The highest BCUT2D eigenvalue weighted by molar-refractivity contribution is 8.01. The number of thiazole rings is 1. The molecule has 0 aliphatic carbocycles. The minimum absolute atomic E-state index is 0.133. The van der Waals surface area contributed by atoms with Crippen LogP contribution in [-0.4, -0.2) is 43.5 Å². The zero-order valence-electron chi connectivity index (χ0n) is 15.4. The van der Waals surface area contributed by atoms with Gasteiger partial charge in [-0.25, -0.2) is 17.7 Å². The van der Waals surface area contributed by atoms with E-state index in [2.05, 4.69) is 10.3 Å². The lowest BCUT2D eigenvalue weighted by Gasteiger charge is -2.14. The molecule has 3 rings (SSSR count). The van der Waals surface area contributed by atoms with Crippen LogP contribution in [0.2, 0.25) is 5.02 Å². The highest BCUT2D eigenvalue weighted by Crippen LogP contribution is 2.31. The lowest BCUT2D eigenvalue weighted by atomic mass is 10.2. The number of nitrogens with zero attached hydrogens (tertiary/aromatic N) is 2. The largest absolute Gasteiger partial charge is 0.325 e. The van der Waals surface area contributed by atoms with Gasteiger partial charge in [0.2, 0.25) is 15.9 Å². The summed E-state index contributed by atoms with van der Waals surface area (Å²) < 4.78 is 27.5. The number of rotatable bonds is 6. The average molecular weight is 456 g/mol. The first kappa shape index (κ1) is 21.1. The zero-order valence-corrected chi connectivity index (χ0v) is 18.6. The van der Waals surface area contributed by atoms with Gasteiger partial charge in [-0.3, -0.25) is 4.79 Å². The molecule has 2 aromatic carbocycles. The number of benzene rings is 2. The van der Waals surface area contributed by atoms with Crippen molar-refractivity contribution in [2.45, 2.75) is 16.2 Å². The molecule has 0 fully saturated rings. The first-order valence-electron chi connectivity index (χ1n) is 8.19. The molecule has 1 aromatic heterocycles. The van der Waals surface area contributed by atoms with Gasteiger partial charge in [-0.05, 0) is 42.8 Å². The smallest absolute Gasteiger partial charge is 0.242 e. The molecule has 1 amide bonds. The molecule has 0 atom stereocenters. The van der Waals surface area contributed by atoms with Crippen molar-refractivity contribution in [3.63, 3.8) is 0 Å². The Bertz CT molecular complexity index is 1140. The highest BCUT2D eigenvalue weighted by atomic mass is 35.5. The summed E-state index contributed by atoms with van der Waals surface area (Å²) in [7, 11) is -0.633. The van der Waals surface area contributed by atoms with Gasteiger partial charge in [0.15, 0.2) is 4.34 Å². The fraction of sp³-hybridized carbons (Fsp3) is 0.222. The van der Waals surface area contributed by atoms with Crippen LogP contribution < -0.4 is 5.32 Å². The zero-order chi connectivity index (χ0) is 20.5. The summed E-state index contributed by atoms with van der Waals surface area (Å²) in [6, 6.07) is 10.2. The minimum Gasteiger partial charge on any atom is -0.325 e. The molecule has 6 nitrogen and oxygen atoms in total. The fourth-order valence-corrected chi connectivity index (χ4v) is 5.31. The van der Waals surface area contributed by atoms with Gasteiger partial charge in [-0.15, -0.1) is 11.3 Å². The Kier molecular flexibility index (Phi) is 6.31. The van der Waals surface area contributed by atoms with Crippen molar-refractivity contribution in [3.8, 4) is 0 Å². The Balaban J connectivity index is 1.70. The van der Waals surface area contributed by atoms with Crippen LogP contribution in [-0.2, 0) is 14.8 Å². The molecule has 0 aliphatic heterocycles. The number of aryl methyl sites for hydroxylation is 1. The number of halogens is 1. The van der Waals surface area contributed by atoms with Crippen molar-refractivity contribution in [1.82, 2.24) is 9.29 Å². The van der Waals surface area contributed by atoms with Gasteiger partial charge in [-0.1, -0.05) is 29.4 Å². The molecule has 0 aliphatic rings. The number of carbonyl (C=O) groups is 1. The molecule has 0 radical (unpaired) electrons. The van der Waals surface area contributed by atoms with Crippen molar-refractivity contribution in [1.29, 1.82) is 0 Å². The maximum atomic E-state index is 12.4.